The Hall–Kier alpha value is -2.36. The van der Waals surface area contributed by atoms with Crippen LogP contribution in [0.2, 0.25) is 0 Å². The van der Waals surface area contributed by atoms with E-state index in [-0.39, 0.29) is 11.5 Å². The number of thioether (sulfide) groups is 1. The van der Waals surface area contributed by atoms with Crippen molar-refractivity contribution in [3.63, 3.8) is 0 Å². The summed E-state index contributed by atoms with van der Waals surface area (Å²) < 4.78 is 13.7. The van der Waals surface area contributed by atoms with Crippen LogP contribution >= 0.6 is 39.0 Å². The van der Waals surface area contributed by atoms with Gasteiger partial charge in [-0.3, -0.25) is 9.36 Å². The summed E-state index contributed by atoms with van der Waals surface area (Å²) in [6, 6.07) is 15.1. The van der Waals surface area contributed by atoms with Gasteiger partial charge in [0, 0.05) is 5.56 Å². The lowest BCUT2D eigenvalue weighted by Gasteiger charge is -2.09. The van der Waals surface area contributed by atoms with Gasteiger partial charge in [0.1, 0.15) is 11.5 Å². The van der Waals surface area contributed by atoms with E-state index in [2.05, 4.69) is 26.1 Å². The van der Waals surface area contributed by atoms with Gasteiger partial charge in [-0.1, -0.05) is 23.9 Å². The number of nitrogens with zero attached hydrogens (tertiary/aromatic N) is 3. The van der Waals surface area contributed by atoms with E-state index in [1.54, 1.807) is 13.4 Å². The maximum Gasteiger partial charge on any atom is 0.192 e. The molecule has 3 aromatic heterocycles. The van der Waals surface area contributed by atoms with Crippen LogP contribution < -0.4 is 4.74 Å². The van der Waals surface area contributed by atoms with Gasteiger partial charge in [0.25, 0.3) is 0 Å². The summed E-state index contributed by atoms with van der Waals surface area (Å²) in [6.45, 7) is 0.466. The summed E-state index contributed by atoms with van der Waals surface area (Å²) in [5, 5.41) is 9.37. The zero-order chi connectivity index (χ0) is 20.2. The second kappa shape index (κ2) is 8.98. The number of methoxy groups -OCH3 is 1. The zero-order valence-corrected chi connectivity index (χ0v) is 18.6. The highest BCUT2D eigenvalue weighted by atomic mass is 79.9. The molecule has 0 fully saturated rings. The third kappa shape index (κ3) is 4.63. The van der Waals surface area contributed by atoms with E-state index >= 15 is 0 Å². The largest absolute Gasteiger partial charge is 0.497 e. The topological polar surface area (TPSA) is 70.2 Å². The molecule has 0 saturated carbocycles. The molecule has 0 aliphatic rings. The zero-order valence-electron chi connectivity index (χ0n) is 15.4. The highest BCUT2D eigenvalue weighted by molar-refractivity contribution is 9.11. The van der Waals surface area contributed by atoms with E-state index in [0.29, 0.717) is 17.5 Å². The number of carbonyl (C=O) groups excluding carboxylic acids is 1. The van der Waals surface area contributed by atoms with Crippen molar-refractivity contribution in [2.75, 3.05) is 12.9 Å². The molecule has 0 bridgehead atoms. The van der Waals surface area contributed by atoms with Crippen molar-refractivity contribution in [3.8, 4) is 17.1 Å². The highest BCUT2D eigenvalue weighted by Crippen LogP contribution is 2.29. The Morgan fingerprint density at radius 3 is 2.86 bits per heavy atom. The number of carbonyl (C=O) groups is 1. The molecular formula is C20H16BrN3O3S2. The molecule has 29 heavy (non-hydrogen) atoms. The molecule has 0 aliphatic heterocycles. The number of thiophene rings is 1. The van der Waals surface area contributed by atoms with Gasteiger partial charge in [-0.2, -0.15) is 0 Å². The molecule has 0 amide bonds. The van der Waals surface area contributed by atoms with E-state index in [9.17, 15) is 4.79 Å². The van der Waals surface area contributed by atoms with Crippen molar-refractivity contribution in [1.82, 2.24) is 14.8 Å². The van der Waals surface area contributed by atoms with Gasteiger partial charge in [-0.25, -0.2) is 0 Å². The number of hydrogen-bond acceptors (Lipinski definition) is 7. The number of benzene rings is 1. The molecule has 6 nitrogen and oxygen atoms in total. The van der Waals surface area contributed by atoms with E-state index in [4.69, 9.17) is 9.15 Å². The van der Waals surface area contributed by atoms with E-state index in [1.165, 1.54) is 23.1 Å². The summed E-state index contributed by atoms with van der Waals surface area (Å²) in [5.41, 5.74) is 0.878. The van der Waals surface area contributed by atoms with Crippen LogP contribution in [-0.4, -0.2) is 33.4 Å². The van der Waals surface area contributed by atoms with Crippen LogP contribution in [0.4, 0.5) is 0 Å². The Labute approximate surface area is 184 Å². The Bertz CT molecular complexity index is 1120. The Balaban J connectivity index is 1.62. The van der Waals surface area contributed by atoms with E-state index in [0.717, 1.165) is 25.7 Å². The van der Waals surface area contributed by atoms with Gasteiger partial charge in [0.05, 0.1) is 34.3 Å². The molecule has 9 heteroatoms. The molecule has 0 atom stereocenters. The number of ketones is 1. The molecular weight excluding hydrogens is 474 g/mol. The molecule has 4 rings (SSSR count). The van der Waals surface area contributed by atoms with Crippen LogP contribution in [0.25, 0.3) is 11.4 Å². The number of aromatic nitrogens is 3. The van der Waals surface area contributed by atoms with Crippen molar-refractivity contribution < 1.29 is 13.9 Å². The van der Waals surface area contributed by atoms with Crippen LogP contribution in [0.15, 0.2) is 68.2 Å². The molecule has 3 heterocycles. The van der Waals surface area contributed by atoms with Crippen LogP contribution in [0, 0.1) is 0 Å². The molecule has 0 radical (unpaired) electrons. The Morgan fingerprint density at radius 1 is 1.24 bits per heavy atom. The lowest BCUT2D eigenvalue weighted by molar-refractivity contribution is 0.102. The fourth-order valence-electron chi connectivity index (χ4n) is 2.74. The van der Waals surface area contributed by atoms with E-state index < -0.39 is 0 Å². The number of halogens is 1. The molecule has 0 saturated heterocycles. The number of hydrogen-bond donors (Lipinski definition) is 0. The molecule has 0 N–H and O–H groups in total. The normalized spacial score (nSPS) is 11.0. The van der Waals surface area contributed by atoms with Crippen molar-refractivity contribution in [3.05, 3.63) is 69.2 Å². The molecule has 1 aromatic carbocycles. The van der Waals surface area contributed by atoms with Crippen molar-refractivity contribution in [1.29, 1.82) is 0 Å². The minimum atomic E-state index is 0.0566. The number of rotatable bonds is 8. The quantitative estimate of drug-likeness (QED) is 0.244. The van der Waals surface area contributed by atoms with Gasteiger partial charge in [-0.15, -0.1) is 21.5 Å². The van der Waals surface area contributed by atoms with Gasteiger partial charge in [0.2, 0.25) is 0 Å². The summed E-state index contributed by atoms with van der Waals surface area (Å²) in [4.78, 5) is 13.2. The van der Waals surface area contributed by atoms with Crippen LogP contribution in [0.1, 0.15) is 15.4 Å². The van der Waals surface area contributed by atoms with Gasteiger partial charge >= 0.3 is 0 Å². The van der Waals surface area contributed by atoms with Crippen LogP contribution in [0.3, 0.4) is 0 Å². The first-order valence-electron chi connectivity index (χ1n) is 8.65. The average molecular weight is 490 g/mol. The summed E-state index contributed by atoms with van der Waals surface area (Å²) >= 11 is 6.19. The summed E-state index contributed by atoms with van der Waals surface area (Å²) in [6.07, 6.45) is 1.63. The molecule has 4 aromatic rings. The predicted molar refractivity (Wildman–Crippen MR) is 117 cm³/mol. The first-order valence-corrected chi connectivity index (χ1v) is 11.2. The predicted octanol–water partition coefficient (Wildman–Crippen LogP) is 5.39. The Kier molecular flexibility index (Phi) is 6.17. The van der Waals surface area contributed by atoms with Crippen molar-refractivity contribution >= 4 is 44.8 Å². The number of ether oxygens (including phenoxy) is 1. The minimum Gasteiger partial charge on any atom is -0.497 e. The van der Waals surface area contributed by atoms with E-state index in [1.807, 2.05) is 53.1 Å². The molecule has 148 valence electrons. The maximum atomic E-state index is 12.5. The van der Waals surface area contributed by atoms with Crippen LogP contribution in [0.5, 0.6) is 5.75 Å². The van der Waals surface area contributed by atoms with Gasteiger partial charge in [0.15, 0.2) is 16.8 Å². The fraction of sp³-hybridized carbons (Fsp3) is 0.150. The number of furan rings is 1. The van der Waals surface area contributed by atoms with Gasteiger partial charge in [-0.05, 0) is 52.3 Å². The lowest BCUT2D eigenvalue weighted by Crippen LogP contribution is -2.06. The third-order valence-electron chi connectivity index (χ3n) is 4.12. The second-order valence-corrected chi connectivity index (χ2v) is 9.42. The highest BCUT2D eigenvalue weighted by Gasteiger charge is 2.18. The second-order valence-electron chi connectivity index (χ2n) is 6.02. The van der Waals surface area contributed by atoms with Gasteiger partial charge < -0.3 is 9.15 Å². The van der Waals surface area contributed by atoms with Crippen molar-refractivity contribution in [2.24, 2.45) is 0 Å². The molecule has 0 unspecified atom stereocenters. The van der Waals surface area contributed by atoms with Crippen LogP contribution in [-0.2, 0) is 6.54 Å². The average Bonchev–Trinajstić information content (AvgIpc) is 3.48. The monoisotopic (exact) mass is 489 g/mol. The first kappa shape index (κ1) is 19.9. The lowest BCUT2D eigenvalue weighted by atomic mass is 10.2. The third-order valence-corrected chi connectivity index (χ3v) is 6.75. The molecule has 0 aliphatic carbocycles. The first-order chi connectivity index (χ1) is 14.1. The SMILES string of the molecule is COc1cccc(-c2nnc(SCC(=O)c3ccc(Br)s3)n2Cc2ccco2)c1. The standard InChI is InChI=1S/C20H16BrN3O3S2/c1-26-14-5-2-4-13(10-14)19-22-23-20(24(19)11-15-6-3-9-27-15)28-12-16(25)17-7-8-18(21)29-17/h2-10H,11-12H2,1H3. The fourth-order valence-corrected chi connectivity index (χ4v) is 4.97. The minimum absolute atomic E-state index is 0.0566. The summed E-state index contributed by atoms with van der Waals surface area (Å²) in [7, 11) is 1.63. The molecule has 0 spiro atoms. The smallest absolute Gasteiger partial charge is 0.192 e. The maximum absolute atomic E-state index is 12.5. The Morgan fingerprint density at radius 2 is 2.14 bits per heavy atom. The summed E-state index contributed by atoms with van der Waals surface area (Å²) in [5.74, 6) is 2.55. The number of Topliss-reactive ketones (excluding diaryl/α,β-unsaturated/α-hetero) is 1. The van der Waals surface area contributed by atoms with Crippen molar-refractivity contribution in [2.45, 2.75) is 11.7 Å².